The van der Waals surface area contributed by atoms with Crippen LogP contribution in [0.15, 0.2) is 18.2 Å². The van der Waals surface area contributed by atoms with Gasteiger partial charge in [0.05, 0.1) is 13.5 Å². The molecule has 88 valence electrons. The minimum Gasteiger partial charge on any atom is -0.469 e. The van der Waals surface area contributed by atoms with E-state index in [2.05, 4.69) is 4.74 Å². The van der Waals surface area contributed by atoms with Gasteiger partial charge < -0.3 is 14.2 Å². The van der Waals surface area contributed by atoms with Gasteiger partial charge in [0, 0.05) is 17.7 Å². The lowest BCUT2D eigenvalue weighted by Crippen LogP contribution is -2.08. The molecule has 0 atom stereocenters. The van der Waals surface area contributed by atoms with Crippen LogP contribution in [0, 0.1) is 0 Å². The van der Waals surface area contributed by atoms with Gasteiger partial charge in [-0.3, -0.25) is 4.79 Å². The molecule has 0 N–H and O–H groups in total. The van der Waals surface area contributed by atoms with Crippen LogP contribution < -0.4 is 4.74 Å². The van der Waals surface area contributed by atoms with Crippen molar-refractivity contribution in [3.05, 3.63) is 28.8 Å². The third-order valence-electron chi connectivity index (χ3n) is 1.92. The molecule has 0 saturated carbocycles. The highest BCUT2D eigenvalue weighted by Crippen LogP contribution is 2.23. The number of carbonyl (C=O) groups is 1. The van der Waals surface area contributed by atoms with Crippen molar-refractivity contribution in [3.63, 3.8) is 0 Å². The summed E-state index contributed by atoms with van der Waals surface area (Å²) in [4.78, 5) is 11.2. The second-order valence-corrected chi connectivity index (χ2v) is 3.49. The van der Waals surface area contributed by atoms with Crippen LogP contribution in [0.3, 0.4) is 0 Å². The molecule has 0 aliphatic rings. The van der Waals surface area contributed by atoms with Crippen molar-refractivity contribution in [3.8, 4) is 5.75 Å². The van der Waals surface area contributed by atoms with E-state index in [9.17, 15) is 4.79 Å². The van der Waals surface area contributed by atoms with Gasteiger partial charge in [-0.05, 0) is 18.2 Å². The van der Waals surface area contributed by atoms with Crippen LogP contribution in [-0.4, -0.2) is 27.0 Å². The van der Waals surface area contributed by atoms with E-state index in [0.717, 1.165) is 0 Å². The number of methoxy groups -OCH3 is 2. The first kappa shape index (κ1) is 12.8. The molecular weight excluding hydrogens is 232 g/mol. The molecule has 0 amide bonds. The van der Waals surface area contributed by atoms with E-state index in [1.54, 1.807) is 18.2 Å². The molecule has 0 aliphatic carbocycles. The fourth-order valence-corrected chi connectivity index (χ4v) is 1.37. The number of esters is 1. The Labute approximate surface area is 99.1 Å². The predicted octanol–water partition coefficient (Wildman–Crippen LogP) is 2.04. The van der Waals surface area contributed by atoms with Crippen LogP contribution in [0.25, 0.3) is 0 Å². The molecule has 4 nitrogen and oxygen atoms in total. The second kappa shape index (κ2) is 6.35. The van der Waals surface area contributed by atoms with Gasteiger partial charge in [0.1, 0.15) is 5.75 Å². The zero-order valence-electron chi connectivity index (χ0n) is 9.16. The van der Waals surface area contributed by atoms with E-state index in [4.69, 9.17) is 21.1 Å². The number of ether oxygens (including phenoxy) is 3. The molecule has 5 heteroatoms. The monoisotopic (exact) mass is 244 g/mol. The summed E-state index contributed by atoms with van der Waals surface area (Å²) < 4.78 is 14.7. The fourth-order valence-electron chi connectivity index (χ4n) is 1.18. The summed E-state index contributed by atoms with van der Waals surface area (Å²) in [6, 6.07) is 5.05. The molecule has 0 spiro atoms. The molecule has 0 saturated heterocycles. The van der Waals surface area contributed by atoms with Crippen molar-refractivity contribution in [1.29, 1.82) is 0 Å². The maximum absolute atomic E-state index is 11.2. The molecule has 0 unspecified atom stereocenters. The predicted molar refractivity (Wildman–Crippen MR) is 59.7 cm³/mol. The molecule has 0 bridgehead atoms. The smallest absolute Gasteiger partial charge is 0.310 e. The van der Waals surface area contributed by atoms with Crippen LogP contribution in [0.5, 0.6) is 5.75 Å². The van der Waals surface area contributed by atoms with E-state index in [0.29, 0.717) is 16.3 Å². The van der Waals surface area contributed by atoms with E-state index in [1.807, 2.05) is 0 Å². The first-order valence-electron chi connectivity index (χ1n) is 4.64. The third kappa shape index (κ3) is 3.72. The summed E-state index contributed by atoms with van der Waals surface area (Å²) in [5.41, 5.74) is 0.677. The number of benzene rings is 1. The Morgan fingerprint density at radius 3 is 2.75 bits per heavy atom. The lowest BCUT2D eigenvalue weighted by molar-refractivity contribution is -0.139. The Morgan fingerprint density at radius 1 is 1.38 bits per heavy atom. The summed E-state index contributed by atoms with van der Waals surface area (Å²) in [5.74, 6) is 0.223. The van der Waals surface area contributed by atoms with Crippen molar-refractivity contribution in [1.82, 2.24) is 0 Å². The number of hydrogen-bond donors (Lipinski definition) is 0. The van der Waals surface area contributed by atoms with E-state index in [1.165, 1.54) is 14.2 Å². The van der Waals surface area contributed by atoms with Crippen molar-refractivity contribution in [2.75, 3.05) is 21.0 Å². The normalized spacial score (nSPS) is 9.94. The van der Waals surface area contributed by atoms with Gasteiger partial charge in [-0.15, -0.1) is 0 Å². The average Bonchev–Trinajstić information content (AvgIpc) is 2.28. The van der Waals surface area contributed by atoms with Crippen molar-refractivity contribution in [2.24, 2.45) is 0 Å². The molecule has 0 heterocycles. The van der Waals surface area contributed by atoms with Gasteiger partial charge >= 0.3 is 5.97 Å². The van der Waals surface area contributed by atoms with Gasteiger partial charge in [0.25, 0.3) is 0 Å². The van der Waals surface area contributed by atoms with Gasteiger partial charge in [0.15, 0.2) is 6.79 Å². The number of carbonyl (C=O) groups excluding carboxylic acids is 1. The number of rotatable bonds is 5. The Hall–Kier alpha value is -1.26. The van der Waals surface area contributed by atoms with E-state index >= 15 is 0 Å². The van der Waals surface area contributed by atoms with Crippen LogP contribution in [0.1, 0.15) is 5.56 Å². The fraction of sp³-hybridized carbons (Fsp3) is 0.364. The molecule has 0 aromatic heterocycles. The SMILES string of the molecule is COCOc1ccc(Cl)cc1CC(=O)OC. The van der Waals surface area contributed by atoms with Gasteiger partial charge in [-0.25, -0.2) is 0 Å². The third-order valence-corrected chi connectivity index (χ3v) is 2.15. The van der Waals surface area contributed by atoms with E-state index < -0.39 is 0 Å². The molecule has 0 radical (unpaired) electrons. The standard InChI is InChI=1S/C11H13ClO4/c1-14-7-16-10-4-3-9(12)5-8(10)6-11(13)15-2/h3-5H,6-7H2,1-2H3. The van der Waals surface area contributed by atoms with Crippen molar-refractivity contribution < 1.29 is 19.0 Å². The molecule has 0 fully saturated rings. The van der Waals surface area contributed by atoms with Crippen LogP contribution in [0.4, 0.5) is 0 Å². The Balaban J connectivity index is 2.84. The van der Waals surface area contributed by atoms with Crippen LogP contribution in [-0.2, 0) is 20.7 Å². The lowest BCUT2D eigenvalue weighted by Gasteiger charge is -2.10. The van der Waals surface area contributed by atoms with Crippen molar-refractivity contribution in [2.45, 2.75) is 6.42 Å². The minimum absolute atomic E-state index is 0.121. The zero-order valence-corrected chi connectivity index (χ0v) is 9.91. The average molecular weight is 245 g/mol. The highest BCUT2D eigenvalue weighted by atomic mass is 35.5. The quantitative estimate of drug-likeness (QED) is 0.587. The second-order valence-electron chi connectivity index (χ2n) is 3.06. The lowest BCUT2D eigenvalue weighted by atomic mass is 10.1. The highest BCUT2D eigenvalue weighted by Gasteiger charge is 2.10. The van der Waals surface area contributed by atoms with Gasteiger partial charge in [0.2, 0.25) is 0 Å². The van der Waals surface area contributed by atoms with Gasteiger partial charge in [-0.2, -0.15) is 0 Å². The summed E-state index contributed by atoms with van der Waals surface area (Å²) in [7, 11) is 2.86. The summed E-state index contributed by atoms with van der Waals surface area (Å²) in [6.07, 6.45) is 0.121. The number of hydrogen-bond acceptors (Lipinski definition) is 4. The summed E-state index contributed by atoms with van der Waals surface area (Å²) in [6.45, 7) is 0.121. The molecule has 16 heavy (non-hydrogen) atoms. The maximum Gasteiger partial charge on any atom is 0.310 e. The summed E-state index contributed by atoms with van der Waals surface area (Å²) >= 11 is 5.84. The Morgan fingerprint density at radius 2 is 2.12 bits per heavy atom. The molecule has 1 aromatic carbocycles. The van der Waals surface area contributed by atoms with Crippen molar-refractivity contribution >= 4 is 17.6 Å². The minimum atomic E-state index is -0.343. The first-order valence-corrected chi connectivity index (χ1v) is 5.02. The topological polar surface area (TPSA) is 44.8 Å². The van der Waals surface area contributed by atoms with Crippen LogP contribution >= 0.6 is 11.6 Å². The van der Waals surface area contributed by atoms with E-state index in [-0.39, 0.29) is 19.2 Å². The Kier molecular flexibility index (Phi) is 5.08. The molecular formula is C11H13ClO4. The highest BCUT2D eigenvalue weighted by molar-refractivity contribution is 6.30. The van der Waals surface area contributed by atoms with Crippen LogP contribution in [0.2, 0.25) is 5.02 Å². The Bertz CT molecular complexity index is 365. The maximum atomic E-state index is 11.2. The molecule has 1 rings (SSSR count). The number of halogens is 1. The van der Waals surface area contributed by atoms with Gasteiger partial charge in [-0.1, -0.05) is 11.6 Å². The molecule has 0 aliphatic heterocycles. The summed E-state index contributed by atoms with van der Waals surface area (Å²) in [5, 5.41) is 0.545. The zero-order chi connectivity index (χ0) is 12.0. The molecule has 1 aromatic rings. The largest absolute Gasteiger partial charge is 0.469 e. The first-order chi connectivity index (χ1) is 7.67.